The van der Waals surface area contributed by atoms with E-state index in [-0.39, 0.29) is 17.2 Å². The van der Waals surface area contributed by atoms with E-state index in [0.29, 0.717) is 21.7 Å². The highest BCUT2D eigenvalue weighted by Gasteiger charge is 2.32. The number of carbonyl (C=O) groups is 1. The summed E-state index contributed by atoms with van der Waals surface area (Å²) in [6.45, 7) is 3.22. The number of phenolic OH excluding ortho intramolecular Hbond substituents is 1. The molecule has 1 aromatic rings. The molecule has 0 bridgehead atoms. The number of amidine groups is 1. The van der Waals surface area contributed by atoms with Gasteiger partial charge >= 0.3 is 0 Å². The Labute approximate surface area is 144 Å². The standard InChI is InChI=1S/C17H20FN3O2S/c1-10-13(18)5-4-11(15(10)22)8-14-16(23)19-17(24-14)21-7-6-12(9-21)20(2)3/h4-5,8,12,22H,6-7,9H2,1-3H3/b14-8-/t12-/m1/s1. The molecule has 24 heavy (non-hydrogen) atoms. The predicted octanol–water partition coefficient (Wildman–Crippen LogP) is 2.45. The average molecular weight is 349 g/mol. The first-order valence-electron chi connectivity index (χ1n) is 7.79. The van der Waals surface area contributed by atoms with Crippen molar-refractivity contribution < 1.29 is 14.3 Å². The normalized spacial score (nSPS) is 22.8. The summed E-state index contributed by atoms with van der Waals surface area (Å²) >= 11 is 1.31. The first-order chi connectivity index (χ1) is 11.4. The third-order valence-electron chi connectivity index (χ3n) is 4.46. The van der Waals surface area contributed by atoms with Gasteiger partial charge in [-0.05, 0) is 57.4 Å². The molecule has 0 spiro atoms. The molecule has 1 amide bonds. The van der Waals surface area contributed by atoms with Gasteiger partial charge in [0.05, 0.1) is 4.91 Å². The topological polar surface area (TPSA) is 56.1 Å². The highest BCUT2D eigenvalue weighted by molar-refractivity contribution is 8.18. The SMILES string of the molecule is Cc1c(F)ccc(/C=C2\SC(N3CC[C@@H](N(C)C)C3)=NC2=O)c1O. The lowest BCUT2D eigenvalue weighted by molar-refractivity contribution is -0.113. The van der Waals surface area contributed by atoms with Gasteiger partial charge in [-0.2, -0.15) is 4.99 Å². The lowest BCUT2D eigenvalue weighted by Crippen LogP contribution is -2.33. The van der Waals surface area contributed by atoms with Crippen LogP contribution in [0.4, 0.5) is 4.39 Å². The second kappa shape index (κ2) is 6.57. The minimum Gasteiger partial charge on any atom is -0.507 e. The zero-order chi connectivity index (χ0) is 17.4. The van der Waals surface area contributed by atoms with Crippen LogP contribution in [0.3, 0.4) is 0 Å². The van der Waals surface area contributed by atoms with Crippen molar-refractivity contribution in [3.63, 3.8) is 0 Å². The van der Waals surface area contributed by atoms with Crippen molar-refractivity contribution >= 4 is 28.9 Å². The molecule has 7 heteroatoms. The van der Waals surface area contributed by atoms with E-state index in [1.807, 2.05) is 14.1 Å². The maximum Gasteiger partial charge on any atom is 0.286 e. The number of carbonyl (C=O) groups excluding carboxylic acids is 1. The zero-order valence-electron chi connectivity index (χ0n) is 13.9. The molecule has 0 aliphatic carbocycles. The minimum atomic E-state index is -0.469. The van der Waals surface area contributed by atoms with Gasteiger partial charge in [-0.25, -0.2) is 4.39 Å². The molecule has 1 aromatic carbocycles. The van der Waals surface area contributed by atoms with Gasteiger partial charge in [-0.1, -0.05) is 0 Å². The lowest BCUT2D eigenvalue weighted by atomic mass is 10.1. The van der Waals surface area contributed by atoms with E-state index in [1.54, 1.807) is 6.08 Å². The average Bonchev–Trinajstić information content (AvgIpc) is 3.15. The molecule has 1 N–H and O–H groups in total. The van der Waals surface area contributed by atoms with Crippen molar-refractivity contribution in [2.45, 2.75) is 19.4 Å². The van der Waals surface area contributed by atoms with Gasteiger partial charge in [-0.15, -0.1) is 0 Å². The van der Waals surface area contributed by atoms with Crippen LogP contribution >= 0.6 is 11.8 Å². The fourth-order valence-corrected chi connectivity index (χ4v) is 3.76. The molecule has 1 atom stereocenters. The number of benzene rings is 1. The number of nitrogens with zero attached hydrogens (tertiary/aromatic N) is 3. The summed E-state index contributed by atoms with van der Waals surface area (Å²) in [7, 11) is 4.10. The Morgan fingerprint density at radius 1 is 1.46 bits per heavy atom. The molecule has 128 valence electrons. The summed E-state index contributed by atoms with van der Waals surface area (Å²) in [6.07, 6.45) is 2.61. The van der Waals surface area contributed by atoms with Crippen LogP contribution < -0.4 is 0 Å². The van der Waals surface area contributed by atoms with E-state index in [1.165, 1.54) is 30.8 Å². The first kappa shape index (κ1) is 17.0. The van der Waals surface area contributed by atoms with Gasteiger partial charge < -0.3 is 14.9 Å². The molecule has 2 aliphatic heterocycles. The van der Waals surface area contributed by atoms with Gasteiger partial charge in [0.1, 0.15) is 11.6 Å². The van der Waals surface area contributed by atoms with Crippen molar-refractivity contribution in [3.8, 4) is 5.75 Å². The Hall–Kier alpha value is -1.86. The number of likely N-dealkylation sites (tertiary alicyclic amines) is 1. The van der Waals surface area contributed by atoms with Crippen molar-refractivity contribution in [1.29, 1.82) is 0 Å². The van der Waals surface area contributed by atoms with Gasteiger partial charge in [0.25, 0.3) is 5.91 Å². The lowest BCUT2D eigenvalue weighted by Gasteiger charge is -2.20. The fraction of sp³-hybridized carbons (Fsp3) is 0.412. The van der Waals surface area contributed by atoms with Gasteiger partial charge in [0, 0.05) is 30.3 Å². The van der Waals surface area contributed by atoms with Crippen LogP contribution in [0.15, 0.2) is 22.0 Å². The van der Waals surface area contributed by atoms with E-state index in [0.717, 1.165) is 19.5 Å². The van der Waals surface area contributed by atoms with Crippen LogP contribution in [0, 0.1) is 12.7 Å². The summed E-state index contributed by atoms with van der Waals surface area (Å²) in [5.41, 5.74) is 0.600. The van der Waals surface area contributed by atoms with Crippen LogP contribution in [-0.4, -0.2) is 59.2 Å². The first-order valence-corrected chi connectivity index (χ1v) is 8.60. The number of aromatic hydroxyl groups is 1. The second-order valence-corrected chi connectivity index (χ2v) is 7.28. The van der Waals surface area contributed by atoms with E-state index in [9.17, 15) is 14.3 Å². The van der Waals surface area contributed by atoms with Crippen LogP contribution in [0.2, 0.25) is 0 Å². The number of hydrogen-bond acceptors (Lipinski definition) is 5. The largest absolute Gasteiger partial charge is 0.507 e. The molecular formula is C17H20FN3O2S. The predicted molar refractivity (Wildman–Crippen MR) is 94.5 cm³/mol. The molecule has 0 unspecified atom stereocenters. The minimum absolute atomic E-state index is 0.141. The quantitative estimate of drug-likeness (QED) is 0.831. The number of halogens is 1. The summed E-state index contributed by atoms with van der Waals surface area (Å²) in [6, 6.07) is 3.21. The molecular weight excluding hydrogens is 329 g/mol. The number of likely N-dealkylation sites (N-methyl/N-ethyl adjacent to an activating group) is 1. The zero-order valence-corrected chi connectivity index (χ0v) is 14.7. The van der Waals surface area contributed by atoms with Gasteiger partial charge in [-0.3, -0.25) is 4.79 Å². The number of amides is 1. The fourth-order valence-electron chi connectivity index (χ4n) is 2.82. The summed E-state index contributed by atoms with van der Waals surface area (Å²) in [5.74, 6) is -0.924. The number of phenols is 1. The van der Waals surface area contributed by atoms with Gasteiger partial charge in [0.2, 0.25) is 0 Å². The molecule has 0 aromatic heterocycles. The maximum atomic E-state index is 13.4. The Kier molecular flexibility index (Phi) is 4.64. The molecule has 0 saturated carbocycles. The molecule has 1 fully saturated rings. The van der Waals surface area contributed by atoms with E-state index >= 15 is 0 Å². The van der Waals surface area contributed by atoms with Crippen molar-refractivity contribution in [3.05, 3.63) is 34.0 Å². The van der Waals surface area contributed by atoms with Crippen LogP contribution in [0.25, 0.3) is 6.08 Å². The number of aliphatic imine (C=N–C) groups is 1. The van der Waals surface area contributed by atoms with Crippen molar-refractivity contribution in [1.82, 2.24) is 9.80 Å². The Balaban J connectivity index is 1.77. The molecule has 1 saturated heterocycles. The molecule has 2 aliphatic rings. The third-order valence-corrected chi connectivity index (χ3v) is 5.50. The van der Waals surface area contributed by atoms with Gasteiger partial charge in [0.15, 0.2) is 5.17 Å². The van der Waals surface area contributed by atoms with Crippen LogP contribution in [0.5, 0.6) is 5.75 Å². The molecule has 2 heterocycles. The third kappa shape index (κ3) is 3.18. The molecule has 3 rings (SSSR count). The Morgan fingerprint density at radius 3 is 2.88 bits per heavy atom. The Morgan fingerprint density at radius 2 is 2.21 bits per heavy atom. The van der Waals surface area contributed by atoms with Crippen LogP contribution in [-0.2, 0) is 4.79 Å². The second-order valence-electron chi connectivity index (χ2n) is 6.27. The molecule has 5 nitrogen and oxygen atoms in total. The molecule has 0 radical (unpaired) electrons. The van der Waals surface area contributed by atoms with E-state index < -0.39 is 5.82 Å². The maximum absolute atomic E-state index is 13.4. The number of thioether (sulfide) groups is 1. The van der Waals surface area contributed by atoms with Crippen LogP contribution in [0.1, 0.15) is 17.5 Å². The van der Waals surface area contributed by atoms with Crippen molar-refractivity contribution in [2.75, 3.05) is 27.2 Å². The number of rotatable bonds is 2. The monoisotopic (exact) mass is 349 g/mol. The summed E-state index contributed by atoms with van der Waals surface area (Å²) in [4.78, 5) is 21.0. The summed E-state index contributed by atoms with van der Waals surface area (Å²) in [5, 5.41) is 10.7. The smallest absolute Gasteiger partial charge is 0.286 e. The van der Waals surface area contributed by atoms with E-state index in [2.05, 4.69) is 14.8 Å². The van der Waals surface area contributed by atoms with Crippen molar-refractivity contribution in [2.24, 2.45) is 4.99 Å². The highest BCUT2D eigenvalue weighted by atomic mass is 32.2. The van der Waals surface area contributed by atoms with E-state index in [4.69, 9.17) is 0 Å². The number of hydrogen-bond donors (Lipinski definition) is 1. The summed E-state index contributed by atoms with van der Waals surface area (Å²) < 4.78 is 13.4. The Bertz CT molecular complexity index is 746. The highest BCUT2D eigenvalue weighted by Crippen LogP contribution is 2.34.